The van der Waals surface area contributed by atoms with Crippen LogP contribution in [0.2, 0.25) is 0 Å². The van der Waals surface area contributed by atoms with Crippen LogP contribution in [-0.2, 0) is 16.0 Å². The van der Waals surface area contributed by atoms with Crippen LogP contribution in [0.25, 0.3) is 0 Å². The van der Waals surface area contributed by atoms with Crippen LogP contribution in [-0.4, -0.2) is 69.2 Å². The van der Waals surface area contributed by atoms with Crippen LogP contribution in [0.3, 0.4) is 0 Å². The number of carbonyl (C=O) groups excluding carboxylic acids is 1. The summed E-state index contributed by atoms with van der Waals surface area (Å²) in [6, 6.07) is 29.0. The van der Waals surface area contributed by atoms with Crippen LogP contribution < -0.4 is 92.9 Å². The molecule has 0 amide bonds. The number of anilines is 7. The number of benzene rings is 4. The third kappa shape index (κ3) is 18.0. The Balaban J connectivity index is 0.000000342. The molecule has 7 N–H and O–H groups in total. The molecule has 0 spiro atoms. The van der Waals surface area contributed by atoms with Gasteiger partial charge in [-0.05, 0) is 101 Å². The molecule has 6 rings (SSSR count). The monoisotopic (exact) mass is 963 g/mol. The second-order valence-electron chi connectivity index (χ2n) is 17.2. The third-order valence-corrected chi connectivity index (χ3v) is 10.7. The van der Waals surface area contributed by atoms with Gasteiger partial charge >= 0.3 is 57.4 Å². The predicted molar refractivity (Wildman–Crippen MR) is 248 cm³/mol. The summed E-state index contributed by atoms with van der Waals surface area (Å²) < 4.78 is 2.22. The molecule has 2 aliphatic rings. The number of hydrogen-bond acceptors (Lipinski definition) is 9. The number of piperazine rings is 2. The molecule has 0 aromatic heterocycles. The summed E-state index contributed by atoms with van der Waals surface area (Å²) >= 11 is 6.97. The molecule has 0 atom stereocenters. The van der Waals surface area contributed by atoms with E-state index in [0.717, 1.165) is 78.2 Å². The molecular weight excluding hydrogens is 904 g/mol. The second kappa shape index (κ2) is 24.0. The van der Waals surface area contributed by atoms with Gasteiger partial charge in [0.05, 0.1) is 17.8 Å². The first-order valence-corrected chi connectivity index (χ1v) is 21.1. The Hall–Kier alpha value is -2.85. The molecule has 2 saturated heterocycles. The van der Waals surface area contributed by atoms with E-state index in [4.69, 9.17) is 22.3 Å². The van der Waals surface area contributed by atoms with E-state index in [1.165, 1.54) is 11.4 Å². The van der Waals surface area contributed by atoms with E-state index in [2.05, 4.69) is 133 Å². The molecule has 0 radical (unpaired) electrons. The Morgan fingerprint density at radius 1 is 0.542 bits per heavy atom. The Morgan fingerprint density at radius 3 is 1.22 bits per heavy atom. The zero-order chi connectivity index (χ0) is 41.9. The third-order valence-electron chi connectivity index (χ3n) is 9.67. The van der Waals surface area contributed by atoms with Crippen molar-refractivity contribution >= 4 is 83.4 Å². The van der Waals surface area contributed by atoms with E-state index in [1.54, 1.807) is 0 Å². The number of nitrogens with two attached hydrogens (primary N) is 3. The average Bonchev–Trinajstić information content (AvgIpc) is 3.13. The Morgan fingerprint density at radius 2 is 0.881 bits per heavy atom. The molecule has 2 aliphatic heterocycles. The van der Waals surface area contributed by atoms with Crippen molar-refractivity contribution in [1.82, 2.24) is 0 Å². The maximum Gasteiger partial charge on any atom is 1.00 e. The first kappa shape index (κ1) is 52.3. The van der Waals surface area contributed by atoms with Crippen molar-refractivity contribution in [3.8, 4) is 0 Å². The minimum atomic E-state index is -0.725. The summed E-state index contributed by atoms with van der Waals surface area (Å²) in [4.78, 5) is 32.0. The summed E-state index contributed by atoms with van der Waals surface area (Å²) in [5.74, 6) is -0.478. The van der Waals surface area contributed by atoms with E-state index in [0.29, 0.717) is 29.9 Å². The van der Waals surface area contributed by atoms with Crippen LogP contribution in [0, 0.1) is 10.8 Å². The molecular formula is C45H61Br2FKN7O3. The molecule has 316 valence electrons. The van der Waals surface area contributed by atoms with E-state index in [-0.39, 0.29) is 79.1 Å². The van der Waals surface area contributed by atoms with E-state index in [9.17, 15) is 9.59 Å². The van der Waals surface area contributed by atoms with Gasteiger partial charge < -0.3 is 46.6 Å². The van der Waals surface area contributed by atoms with E-state index >= 15 is 0 Å². The van der Waals surface area contributed by atoms with Gasteiger partial charge in [0.2, 0.25) is 0 Å². The van der Waals surface area contributed by atoms with Crippen LogP contribution in [0.4, 0.5) is 39.8 Å². The van der Waals surface area contributed by atoms with Gasteiger partial charge in [0.1, 0.15) is 5.78 Å². The van der Waals surface area contributed by atoms with Gasteiger partial charge in [0, 0.05) is 103 Å². The zero-order valence-corrected chi connectivity index (χ0v) is 42.1. The van der Waals surface area contributed by atoms with Gasteiger partial charge in [-0.15, -0.1) is 0 Å². The maximum absolute atomic E-state index is 12.4. The van der Waals surface area contributed by atoms with Crippen molar-refractivity contribution in [2.24, 2.45) is 10.8 Å². The molecule has 14 heteroatoms. The Labute approximate surface area is 410 Å². The summed E-state index contributed by atoms with van der Waals surface area (Å²) in [5.41, 5.74) is 25.5. The standard InChI is InChI=1S/C23H30BrN3O.C16H19BrN4.C6H12O2.FH.K/c1-23(2,3)16-21(28)15-17-14-20(8-9-22(17)25)27-12-10-26(11-13-27)19-6-4-18(24)5-7-19;17-12-1-3-13(4-2-12)20-7-9-21(10-8-20)14-5-6-15(18)16(19)11-14;1-6(2,3)4-5(7)8;;/h4-9,14H,10-13,15-16,25H2,1-3H3;1-6,11H,7-10,18-19H2;4H2,1-3H3,(H,7,8);1H;/q;;;;+1/p-1. The molecule has 4 aromatic carbocycles. The van der Waals surface area contributed by atoms with Crippen molar-refractivity contribution in [1.29, 1.82) is 0 Å². The van der Waals surface area contributed by atoms with Crippen molar-refractivity contribution in [3.63, 3.8) is 0 Å². The molecule has 2 fully saturated rings. The number of rotatable bonds is 8. The smallest absolute Gasteiger partial charge is 1.00 e. The van der Waals surface area contributed by atoms with Gasteiger partial charge in [0.25, 0.3) is 0 Å². The molecule has 4 aromatic rings. The SMILES string of the molecule is CC(C)(C)CC(=O)Cc1cc(N2CCN(c3ccc(Br)cc3)CC2)ccc1N.CC(C)(C)CC(=O)O.Nc1ccc(N2CCN(c3ccc(Br)cc3)CC2)cc1N.[F-].[K+]. The van der Waals surface area contributed by atoms with Gasteiger partial charge in [0.15, 0.2) is 0 Å². The number of carbonyl (C=O) groups is 2. The van der Waals surface area contributed by atoms with E-state index in [1.807, 2.05) is 45.0 Å². The summed E-state index contributed by atoms with van der Waals surface area (Å²) in [6.45, 7) is 19.8. The van der Waals surface area contributed by atoms with Crippen molar-refractivity contribution in [3.05, 3.63) is 99.4 Å². The number of halogens is 3. The fraction of sp³-hybridized carbons (Fsp3) is 0.422. The van der Waals surface area contributed by atoms with Crippen LogP contribution in [0.15, 0.2) is 93.9 Å². The molecule has 0 saturated carbocycles. The largest absolute Gasteiger partial charge is 1.00 e. The number of aliphatic carboxylic acids is 1. The zero-order valence-electron chi connectivity index (χ0n) is 35.8. The molecule has 0 unspecified atom stereocenters. The number of hydrogen-bond donors (Lipinski definition) is 4. The summed E-state index contributed by atoms with van der Waals surface area (Å²) in [6.07, 6.45) is 1.23. The fourth-order valence-corrected chi connectivity index (χ4v) is 7.30. The van der Waals surface area contributed by atoms with Gasteiger partial charge in [-0.3, -0.25) is 9.59 Å². The fourth-order valence-electron chi connectivity index (χ4n) is 6.77. The molecule has 0 bridgehead atoms. The number of ketones is 1. The molecule has 0 aliphatic carbocycles. The number of nitrogen functional groups attached to an aromatic ring is 3. The minimum absolute atomic E-state index is 0. The Kier molecular flexibility index (Phi) is 21.2. The maximum atomic E-state index is 12.4. The summed E-state index contributed by atoms with van der Waals surface area (Å²) in [7, 11) is 0. The first-order chi connectivity index (χ1) is 26.8. The van der Waals surface area contributed by atoms with Crippen molar-refractivity contribution in [2.75, 3.05) is 89.2 Å². The first-order valence-electron chi connectivity index (χ1n) is 19.5. The average molecular weight is 966 g/mol. The number of carboxylic acids is 1. The number of Topliss-reactive ketones (excluding diaryl/α,β-unsaturated/α-hetero) is 1. The Bertz CT molecular complexity index is 1920. The number of carboxylic acid groups (broad SMARTS) is 1. The van der Waals surface area contributed by atoms with Gasteiger partial charge in [-0.25, -0.2) is 0 Å². The topological polar surface area (TPSA) is 145 Å². The number of nitrogens with zero attached hydrogens (tertiary/aromatic N) is 4. The molecule has 10 nitrogen and oxygen atoms in total. The quantitative estimate of drug-likeness (QED) is 0.153. The van der Waals surface area contributed by atoms with E-state index < -0.39 is 5.97 Å². The van der Waals surface area contributed by atoms with Crippen LogP contribution in [0.1, 0.15) is 59.9 Å². The van der Waals surface area contributed by atoms with Gasteiger partial charge in [-0.2, -0.15) is 0 Å². The van der Waals surface area contributed by atoms with Crippen molar-refractivity contribution in [2.45, 2.75) is 60.8 Å². The van der Waals surface area contributed by atoms with Crippen molar-refractivity contribution < 1.29 is 70.8 Å². The van der Waals surface area contributed by atoms with Crippen LogP contribution >= 0.6 is 31.9 Å². The molecule has 59 heavy (non-hydrogen) atoms. The van der Waals surface area contributed by atoms with Gasteiger partial charge in [-0.1, -0.05) is 73.4 Å². The predicted octanol–water partition coefficient (Wildman–Crippen LogP) is 3.36. The summed E-state index contributed by atoms with van der Waals surface area (Å²) in [5, 5.41) is 8.25. The molecule has 2 heterocycles. The van der Waals surface area contributed by atoms with Crippen LogP contribution in [0.5, 0.6) is 0 Å². The second-order valence-corrected chi connectivity index (χ2v) is 19.0. The normalized spacial score (nSPS) is 14.1. The minimum Gasteiger partial charge on any atom is -1.00 e.